The minimum atomic E-state index is -1.38. The van der Waals surface area contributed by atoms with Gasteiger partial charge in [0, 0.05) is 42.2 Å². The summed E-state index contributed by atoms with van der Waals surface area (Å²) in [6.45, 7) is 6.53. The molecule has 1 aromatic heterocycles. The van der Waals surface area contributed by atoms with Crippen LogP contribution in [0.3, 0.4) is 0 Å². The molecule has 3 aliphatic heterocycles. The van der Waals surface area contributed by atoms with Crippen molar-refractivity contribution in [1.29, 1.82) is 5.26 Å². The van der Waals surface area contributed by atoms with Crippen molar-refractivity contribution in [2.45, 2.75) is 74.5 Å². The average Bonchev–Trinajstić information content (AvgIpc) is 3.51. The second-order valence-corrected chi connectivity index (χ2v) is 13.1. The van der Waals surface area contributed by atoms with Gasteiger partial charge in [0.1, 0.15) is 12.4 Å². The number of nitriles is 1. The van der Waals surface area contributed by atoms with E-state index >= 15 is 4.39 Å². The molecule has 2 aromatic rings. The Balaban J connectivity index is 1.25. The first-order chi connectivity index (χ1) is 20.8. The van der Waals surface area contributed by atoms with E-state index in [1.54, 1.807) is 0 Å². The number of piperazine rings is 1. The van der Waals surface area contributed by atoms with Gasteiger partial charge in [-0.1, -0.05) is 30.3 Å². The summed E-state index contributed by atoms with van der Waals surface area (Å²) in [7, 11) is 0. The van der Waals surface area contributed by atoms with E-state index in [0.717, 1.165) is 55.5 Å². The molecular weight excluding hydrogens is 574 g/mol. The van der Waals surface area contributed by atoms with Crippen molar-refractivity contribution < 1.29 is 18.3 Å². The summed E-state index contributed by atoms with van der Waals surface area (Å²) in [6, 6.07) is 7.47. The third-order valence-corrected chi connectivity index (χ3v) is 11.0. The Hall–Kier alpha value is -3.29. The van der Waals surface area contributed by atoms with Gasteiger partial charge >= 0.3 is 6.01 Å². The maximum Gasteiger partial charge on any atom is 0.318 e. The average molecular weight is 609 g/mol. The number of anilines is 1. The predicted molar refractivity (Wildman–Crippen MR) is 157 cm³/mol. The number of hydrogen-bond acceptors (Lipinski definition) is 7. The molecular formula is C32H35ClF2N6O2. The minimum absolute atomic E-state index is 0.00442. The molecule has 5 aliphatic rings. The molecule has 7 rings (SSSR count). The minimum Gasteiger partial charge on any atom is -0.461 e. The molecule has 4 heterocycles. The predicted octanol–water partition coefficient (Wildman–Crippen LogP) is 5.00. The summed E-state index contributed by atoms with van der Waals surface area (Å²) in [4.78, 5) is 27.9. The van der Waals surface area contributed by atoms with E-state index in [2.05, 4.69) is 17.5 Å². The van der Waals surface area contributed by atoms with Crippen molar-refractivity contribution in [3.05, 3.63) is 58.0 Å². The van der Waals surface area contributed by atoms with Crippen molar-refractivity contribution >= 4 is 23.3 Å². The number of nitrogens with zero attached hydrogens (tertiary/aromatic N) is 6. The van der Waals surface area contributed by atoms with Crippen LogP contribution < -0.4 is 9.64 Å². The molecule has 11 heteroatoms. The zero-order valence-corrected chi connectivity index (χ0v) is 24.9. The van der Waals surface area contributed by atoms with E-state index in [-0.39, 0.29) is 31.1 Å². The van der Waals surface area contributed by atoms with Crippen LogP contribution in [0.5, 0.6) is 6.01 Å². The van der Waals surface area contributed by atoms with Crippen LogP contribution in [0.1, 0.15) is 67.1 Å². The summed E-state index contributed by atoms with van der Waals surface area (Å²) in [5, 5.41) is 10.2. The van der Waals surface area contributed by atoms with Crippen LogP contribution in [0.15, 0.2) is 30.6 Å². The van der Waals surface area contributed by atoms with Crippen molar-refractivity contribution in [2.75, 3.05) is 44.2 Å². The van der Waals surface area contributed by atoms with Crippen molar-refractivity contribution in [2.24, 2.45) is 0 Å². The summed E-state index contributed by atoms with van der Waals surface area (Å²) in [6.07, 6.45) is 4.42. The quantitative estimate of drug-likeness (QED) is 0.427. The van der Waals surface area contributed by atoms with E-state index in [9.17, 15) is 14.4 Å². The van der Waals surface area contributed by atoms with Gasteiger partial charge in [-0.05, 0) is 68.7 Å². The fourth-order valence-corrected chi connectivity index (χ4v) is 8.54. The Kier molecular flexibility index (Phi) is 7.09. The lowest BCUT2D eigenvalue weighted by Gasteiger charge is -2.47. The Morgan fingerprint density at radius 3 is 2.67 bits per heavy atom. The summed E-state index contributed by atoms with van der Waals surface area (Å²) in [5.74, 6) is -1.28. The van der Waals surface area contributed by atoms with Gasteiger partial charge in [-0.2, -0.15) is 15.2 Å². The SMILES string of the molecule is C=C(F)C(=O)N1CCN(c2nc(OCC34CCCN3CC4)nc3c2CC[C@@]2(CCc4c(Cl)cccc42)[C@H]3F)C[C@@H]1CC#N. The van der Waals surface area contributed by atoms with Crippen molar-refractivity contribution in [1.82, 2.24) is 19.8 Å². The molecule has 1 amide bonds. The molecule has 0 N–H and O–H groups in total. The molecule has 226 valence electrons. The van der Waals surface area contributed by atoms with Crippen LogP contribution >= 0.6 is 11.6 Å². The highest BCUT2D eigenvalue weighted by molar-refractivity contribution is 6.31. The van der Waals surface area contributed by atoms with E-state index in [1.165, 1.54) is 4.90 Å². The van der Waals surface area contributed by atoms with Crippen LogP contribution in [-0.2, 0) is 23.1 Å². The highest BCUT2D eigenvalue weighted by Gasteiger charge is 2.52. The van der Waals surface area contributed by atoms with Gasteiger partial charge < -0.3 is 14.5 Å². The first-order valence-electron chi connectivity index (χ1n) is 15.2. The number of benzene rings is 1. The molecule has 1 spiro atoms. The molecule has 0 radical (unpaired) electrons. The number of alkyl halides is 1. The lowest BCUT2D eigenvalue weighted by atomic mass is 9.68. The molecule has 3 saturated heterocycles. The molecule has 3 fully saturated rings. The lowest BCUT2D eigenvalue weighted by Crippen LogP contribution is -2.59. The number of carbonyl (C=O) groups excluding carboxylic acids is 1. The molecule has 1 unspecified atom stereocenters. The lowest BCUT2D eigenvalue weighted by molar-refractivity contribution is -0.131. The molecule has 4 atom stereocenters. The van der Waals surface area contributed by atoms with Gasteiger partial charge in [-0.25, -0.2) is 8.78 Å². The Morgan fingerprint density at radius 2 is 1.95 bits per heavy atom. The number of fused-ring (bicyclic) bond motifs is 4. The van der Waals surface area contributed by atoms with E-state index in [0.29, 0.717) is 48.9 Å². The summed E-state index contributed by atoms with van der Waals surface area (Å²) < 4.78 is 37.2. The van der Waals surface area contributed by atoms with E-state index in [1.807, 2.05) is 23.1 Å². The third kappa shape index (κ3) is 4.50. The van der Waals surface area contributed by atoms with Gasteiger partial charge in [-0.15, -0.1) is 0 Å². The fraction of sp³-hybridized carbons (Fsp3) is 0.562. The van der Waals surface area contributed by atoms with Gasteiger partial charge in [0.05, 0.1) is 29.8 Å². The van der Waals surface area contributed by atoms with Gasteiger partial charge in [0.2, 0.25) is 0 Å². The van der Waals surface area contributed by atoms with Gasteiger partial charge in [0.15, 0.2) is 12.0 Å². The highest BCUT2D eigenvalue weighted by atomic mass is 35.5. The third-order valence-electron chi connectivity index (χ3n) is 10.7. The number of ether oxygens (including phenoxy) is 1. The number of rotatable bonds is 6. The summed E-state index contributed by atoms with van der Waals surface area (Å²) >= 11 is 6.54. The number of amides is 1. The Morgan fingerprint density at radius 1 is 1.14 bits per heavy atom. The maximum absolute atomic E-state index is 17.1. The molecule has 43 heavy (non-hydrogen) atoms. The zero-order valence-electron chi connectivity index (χ0n) is 24.1. The maximum atomic E-state index is 17.1. The van der Waals surface area contributed by atoms with E-state index < -0.39 is 29.4 Å². The number of aromatic nitrogens is 2. The summed E-state index contributed by atoms with van der Waals surface area (Å²) in [5.41, 5.74) is 2.33. The van der Waals surface area contributed by atoms with Crippen molar-refractivity contribution in [3.8, 4) is 12.1 Å². The number of halogens is 3. The molecule has 0 saturated carbocycles. The standard InChI is InChI=1S/C32H35ClF2N6O2/c1-20(34)29(42)41-17-16-39(18-21(41)8-13-36)28-23-7-11-32(10-6-22-24(32)4-2-5-25(22)33)27(35)26(23)37-30(38-28)43-19-31-9-3-14-40(31)15-12-31/h2,4-5,21,27H,1,3,6-12,14-19H2/t21-,27-,31?,32+/m0/s1. The normalized spacial score (nSPS) is 29.4. The van der Waals surface area contributed by atoms with Crippen LogP contribution in [0.25, 0.3) is 0 Å². The van der Waals surface area contributed by atoms with Crippen LogP contribution in [0.4, 0.5) is 14.6 Å². The topological polar surface area (TPSA) is 85.6 Å². The number of carbonyl (C=O) groups is 1. The second kappa shape index (κ2) is 10.7. The van der Waals surface area contributed by atoms with E-state index in [4.69, 9.17) is 26.3 Å². The fourth-order valence-electron chi connectivity index (χ4n) is 8.27. The molecule has 2 aliphatic carbocycles. The van der Waals surface area contributed by atoms with Crippen molar-refractivity contribution in [3.63, 3.8) is 0 Å². The molecule has 0 bridgehead atoms. The van der Waals surface area contributed by atoms with Gasteiger partial charge in [0.25, 0.3) is 5.91 Å². The Labute approximate surface area is 255 Å². The van der Waals surface area contributed by atoms with Gasteiger partial charge in [-0.3, -0.25) is 9.69 Å². The highest BCUT2D eigenvalue weighted by Crippen LogP contribution is 2.57. The first-order valence-corrected chi connectivity index (χ1v) is 15.6. The molecule has 1 aromatic carbocycles. The first kappa shape index (κ1) is 28.5. The Bertz CT molecular complexity index is 1530. The second-order valence-electron chi connectivity index (χ2n) is 12.7. The van der Waals surface area contributed by atoms with Crippen LogP contribution in [0.2, 0.25) is 5.02 Å². The van der Waals surface area contributed by atoms with Crippen LogP contribution in [0, 0.1) is 11.3 Å². The number of hydrogen-bond donors (Lipinski definition) is 0. The zero-order chi connectivity index (χ0) is 29.9. The smallest absolute Gasteiger partial charge is 0.318 e. The largest absolute Gasteiger partial charge is 0.461 e. The monoisotopic (exact) mass is 608 g/mol. The molecule has 8 nitrogen and oxygen atoms in total. The van der Waals surface area contributed by atoms with Crippen LogP contribution in [-0.4, -0.2) is 76.6 Å².